The van der Waals surface area contributed by atoms with Crippen molar-refractivity contribution in [1.29, 1.82) is 5.26 Å². The van der Waals surface area contributed by atoms with Gasteiger partial charge in [0.15, 0.2) is 0 Å². The van der Waals surface area contributed by atoms with E-state index in [-0.39, 0.29) is 28.9 Å². The van der Waals surface area contributed by atoms with Crippen molar-refractivity contribution < 1.29 is 14.4 Å². The Kier molecular flexibility index (Phi) is 3.65. The summed E-state index contributed by atoms with van der Waals surface area (Å²) in [4.78, 5) is 42.5. The first-order valence-electron chi connectivity index (χ1n) is 10.6. The summed E-state index contributed by atoms with van der Waals surface area (Å²) in [5.74, 6) is -2.75. The summed E-state index contributed by atoms with van der Waals surface area (Å²) in [5.41, 5.74) is 2.80. The lowest BCUT2D eigenvalue weighted by Crippen LogP contribution is -2.57. The first-order valence-corrected chi connectivity index (χ1v) is 10.6. The number of benzene rings is 3. The molecule has 5 nitrogen and oxygen atoms in total. The maximum atomic E-state index is 14.0. The smallest absolute Gasteiger partial charge is 0.239 e. The highest BCUT2D eigenvalue weighted by Gasteiger charge is 2.70. The number of hydrogen-bond donors (Lipinski definition) is 0. The fourth-order valence-electron chi connectivity index (χ4n) is 6.37. The Bertz CT molecular complexity index is 1350. The summed E-state index contributed by atoms with van der Waals surface area (Å²) in [7, 11) is 0. The molecule has 2 bridgehead atoms. The fourth-order valence-corrected chi connectivity index (χ4v) is 6.37. The Hall–Kier alpha value is -4.04. The molecule has 0 saturated carbocycles. The van der Waals surface area contributed by atoms with Crippen LogP contribution in [0.1, 0.15) is 40.7 Å². The van der Waals surface area contributed by atoms with E-state index in [9.17, 15) is 19.6 Å². The number of carbonyl (C=O) groups is 3. The highest BCUT2D eigenvalue weighted by atomic mass is 16.2. The van der Waals surface area contributed by atoms with Crippen LogP contribution >= 0.6 is 0 Å². The van der Waals surface area contributed by atoms with Gasteiger partial charge in [0.05, 0.1) is 28.5 Å². The minimum absolute atomic E-state index is 0.151. The quantitative estimate of drug-likeness (QED) is 0.595. The lowest BCUT2D eigenvalue weighted by atomic mass is 9.46. The molecule has 1 aliphatic heterocycles. The third-order valence-corrected chi connectivity index (χ3v) is 7.44. The van der Waals surface area contributed by atoms with Crippen LogP contribution in [0, 0.1) is 23.2 Å². The number of nitrogens with zero attached hydrogens (tertiary/aromatic N) is 2. The lowest BCUT2D eigenvalue weighted by molar-refractivity contribution is -0.132. The van der Waals surface area contributed by atoms with E-state index in [2.05, 4.69) is 6.07 Å². The number of anilines is 1. The standard InChI is InChI=1S/C27H18N2O3/c1-15(30)27-19-11-5-3-9-17(19)22(18-10-4-6-12-20(18)27)23-24(27)26(32)29(25(23)31)21-13-7-2-8-16(21)14-28/h2-13,22-24H,1H3/t22?,23-,24-,27?/m0/s1. The molecule has 2 amide bonds. The fraction of sp³-hybridized carbons (Fsp3) is 0.185. The zero-order chi connectivity index (χ0) is 22.2. The van der Waals surface area contributed by atoms with Crippen molar-refractivity contribution in [2.24, 2.45) is 11.8 Å². The molecule has 3 aliphatic carbocycles. The topological polar surface area (TPSA) is 78.2 Å². The van der Waals surface area contributed by atoms with E-state index in [4.69, 9.17) is 0 Å². The van der Waals surface area contributed by atoms with Crippen LogP contribution in [0.25, 0.3) is 0 Å². The van der Waals surface area contributed by atoms with E-state index in [1.807, 2.05) is 48.5 Å². The molecule has 7 rings (SSSR count). The van der Waals surface area contributed by atoms with Crippen LogP contribution in [0.15, 0.2) is 72.8 Å². The zero-order valence-corrected chi connectivity index (χ0v) is 17.3. The van der Waals surface area contributed by atoms with Crippen LogP contribution in [-0.4, -0.2) is 17.6 Å². The number of Topliss-reactive ketones (excluding diaryl/α,β-unsaturated/α-hetero) is 1. The molecule has 1 fully saturated rings. The van der Waals surface area contributed by atoms with E-state index in [0.29, 0.717) is 0 Å². The van der Waals surface area contributed by atoms with Crippen molar-refractivity contribution >= 4 is 23.3 Å². The molecule has 0 N–H and O–H groups in total. The Labute approximate surface area is 184 Å². The normalized spacial score (nSPS) is 26.9. The number of ketones is 1. The Morgan fingerprint density at radius 1 is 0.875 bits per heavy atom. The van der Waals surface area contributed by atoms with E-state index >= 15 is 0 Å². The summed E-state index contributed by atoms with van der Waals surface area (Å²) in [6.07, 6.45) is 0. The van der Waals surface area contributed by atoms with Gasteiger partial charge in [-0.15, -0.1) is 0 Å². The van der Waals surface area contributed by atoms with E-state index in [0.717, 1.165) is 27.2 Å². The Morgan fingerprint density at radius 3 is 2.03 bits per heavy atom. The predicted octanol–water partition coefficient (Wildman–Crippen LogP) is 3.70. The van der Waals surface area contributed by atoms with Crippen molar-refractivity contribution in [3.05, 3.63) is 101 Å². The second kappa shape index (κ2) is 6.24. The molecule has 154 valence electrons. The maximum absolute atomic E-state index is 14.0. The molecule has 0 aromatic heterocycles. The van der Waals surface area contributed by atoms with Gasteiger partial charge in [-0.1, -0.05) is 60.7 Å². The highest BCUT2D eigenvalue weighted by molar-refractivity contribution is 6.26. The van der Waals surface area contributed by atoms with Gasteiger partial charge in [0.25, 0.3) is 0 Å². The molecule has 32 heavy (non-hydrogen) atoms. The molecule has 0 spiro atoms. The van der Waals surface area contributed by atoms with Crippen molar-refractivity contribution in [2.75, 3.05) is 4.90 Å². The third kappa shape index (κ3) is 1.95. The summed E-state index contributed by atoms with van der Waals surface area (Å²) in [6, 6.07) is 24.1. The van der Waals surface area contributed by atoms with Crippen molar-refractivity contribution in [3.63, 3.8) is 0 Å². The van der Waals surface area contributed by atoms with E-state index < -0.39 is 23.2 Å². The maximum Gasteiger partial charge on any atom is 0.239 e. The minimum Gasteiger partial charge on any atom is -0.299 e. The molecule has 0 unspecified atom stereocenters. The van der Waals surface area contributed by atoms with Gasteiger partial charge in [0, 0.05) is 5.92 Å². The van der Waals surface area contributed by atoms with E-state index in [1.165, 1.54) is 6.92 Å². The molecule has 4 aliphatic rings. The molecule has 2 atom stereocenters. The number of para-hydroxylation sites is 1. The summed E-state index contributed by atoms with van der Waals surface area (Å²) >= 11 is 0. The van der Waals surface area contributed by atoms with Gasteiger partial charge < -0.3 is 0 Å². The molecule has 1 heterocycles. The molecular weight excluding hydrogens is 400 g/mol. The number of imide groups is 1. The first-order chi connectivity index (χ1) is 15.5. The van der Waals surface area contributed by atoms with Crippen LogP contribution in [0.4, 0.5) is 5.69 Å². The van der Waals surface area contributed by atoms with Crippen LogP contribution in [0.3, 0.4) is 0 Å². The van der Waals surface area contributed by atoms with Crippen LogP contribution in [0.5, 0.6) is 0 Å². The largest absolute Gasteiger partial charge is 0.299 e. The SMILES string of the molecule is CC(=O)C12c3ccccc3C(c3ccccc31)[C@@H]1C(=O)N(c3ccccc3C#N)C(=O)[C@H]12. The Morgan fingerprint density at radius 2 is 1.44 bits per heavy atom. The summed E-state index contributed by atoms with van der Waals surface area (Å²) < 4.78 is 0. The van der Waals surface area contributed by atoms with Gasteiger partial charge in [-0.2, -0.15) is 5.26 Å². The lowest BCUT2D eigenvalue weighted by Gasteiger charge is -2.52. The van der Waals surface area contributed by atoms with Gasteiger partial charge in [0.2, 0.25) is 11.8 Å². The number of amides is 2. The van der Waals surface area contributed by atoms with Gasteiger partial charge in [-0.25, -0.2) is 4.90 Å². The first kappa shape index (κ1) is 18.7. The number of rotatable bonds is 2. The van der Waals surface area contributed by atoms with E-state index in [1.54, 1.807) is 24.3 Å². The molecule has 5 heteroatoms. The second-order valence-electron chi connectivity index (χ2n) is 8.66. The summed E-state index contributed by atoms with van der Waals surface area (Å²) in [5, 5.41) is 9.60. The van der Waals surface area contributed by atoms with Crippen molar-refractivity contribution in [3.8, 4) is 6.07 Å². The summed E-state index contributed by atoms with van der Waals surface area (Å²) in [6.45, 7) is 1.51. The molecule has 3 aromatic carbocycles. The van der Waals surface area contributed by atoms with Crippen molar-refractivity contribution in [2.45, 2.75) is 18.3 Å². The van der Waals surface area contributed by atoms with Gasteiger partial charge in [-0.3, -0.25) is 14.4 Å². The third-order valence-electron chi connectivity index (χ3n) is 7.44. The zero-order valence-electron chi connectivity index (χ0n) is 17.3. The molecule has 3 aromatic rings. The predicted molar refractivity (Wildman–Crippen MR) is 117 cm³/mol. The molecule has 0 radical (unpaired) electrons. The average Bonchev–Trinajstić information content (AvgIpc) is 3.09. The highest BCUT2D eigenvalue weighted by Crippen LogP contribution is 2.64. The van der Waals surface area contributed by atoms with Gasteiger partial charge >= 0.3 is 0 Å². The average molecular weight is 418 g/mol. The molecule has 1 saturated heterocycles. The molecular formula is C27H18N2O3. The van der Waals surface area contributed by atoms with Gasteiger partial charge in [0.1, 0.15) is 11.9 Å². The number of nitriles is 1. The van der Waals surface area contributed by atoms with Crippen LogP contribution in [-0.2, 0) is 19.8 Å². The number of carbonyl (C=O) groups excluding carboxylic acids is 3. The minimum atomic E-state index is -1.23. The van der Waals surface area contributed by atoms with Crippen LogP contribution < -0.4 is 4.90 Å². The Balaban J connectivity index is 1.69. The van der Waals surface area contributed by atoms with Crippen LogP contribution in [0.2, 0.25) is 0 Å². The monoisotopic (exact) mass is 418 g/mol. The second-order valence-corrected chi connectivity index (χ2v) is 8.66. The number of hydrogen-bond acceptors (Lipinski definition) is 4. The van der Waals surface area contributed by atoms with Crippen molar-refractivity contribution in [1.82, 2.24) is 0 Å². The van der Waals surface area contributed by atoms with Gasteiger partial charge in [-0.05, 0) is 41.3 Å².